The summed E-state index contributed by atoms with van der Waals surface area (Å²) in [5.41, 5.74) is 0.114. The van der Waals surface area contributed by atoms with Crippen molar-refractivity contribution in [3.05, 3.63) is 22.6 Å². The van der Waals surface area contributed by atoms with Gasteiger partial charge in [0, 0.05) is 5.92 Å². The molecule has 1 heterocycles. The second-order valence-electron chi connectivity index (χ2n) is 4.90. The van der Waals surface area contributed by atoms with Gasteiger partial charge in [0.15, 0.2) is 5.76 Å². The molecule has 2 rings (SSSR count). The van der Waals surface area contributed by atoms with Crippen LogP contribution in [0.5, 0.6) is 0 Å². The normalized spacial score (nSPS) is 24.3. The number of hydrogen-bond acceptors (Lipinski definition) is 2. The first-order valence-electron chi connectivity index (χ1n) is 5.29. The van der Waals surface area contributed by atoms with Gasteiger partial charge in [0.2, 0.25) is 5.78 Å². The zero-order valence-electron chi connectivity index (χ0n) is 9.05. The Morgan fingerprint density at radius 2 is 2.33 bits per heavy atom. The van der Waals surface area contributed by atoms with E-state index in [2.05, 4.69) is 29.8 Å². The SMILES string of the molecule is CC1(C)CCCC1C(=O)c1occc1Br. The van der Waals surface area contributed by atoms with Gasteiger partial charge in [0.05, 0.1) is 10.7 Å². The molecule has 0 N–H and O–H groups in total. The predicted molar refractivity (Wildman–Crippen MR) is 61.9 cm³/mol. The monoisotopic (exact) mass is 270 g/mol. The summed E-state index contributed by atoms with van der Waals surface area (Å²) in [5, 5.41) is 0. The molecule has 0 radical (unpaired) electrons. The van der Waals surface area contributed by atoms with Crippen LogP contribution in [0, 0.1) is 11.3 Å². The molecular formula is C12H15BrO2. The lowest BCUT2D eigenvalue weighted by Gasteiger charge is -2.24. The highest BCUT2D eigenvalue weighted by Gasteiger charge is 2.40. The van der Waals surface area contributed by atoms with Gasteiger partial charge in [-0.3, -0.25) is 4.79 Å². The fourth-order valence-electron chi connectivity index (χ4n) is 2.44. The first-order valence-corrected chi connectivity index (χ1v) is 6.09. The van der Waals surface area contributed by atoms with Gasteiger partial charge in [-0.1, -0.05) is 20.3 Å². The van der Waals surface area contributed by atoms with E-state index in [-0.39, 0.29) is 17.1 Å². The van der Waals surface area contributed by atoms with E-state index in [9.17, 15) is 4.79 Å². The zero-order chi connectivity index (χ0) is 11.1. The number of carbonyl (C=O) groups excluding carboxylic acids is 1. The van der Waals surface area contributed by atoms with E-state index < -0.39 is 0 Å². The zero-order valence-corrected chi connectivity index (χ0v) is 10.6. The molecule has 2 nitrogen and oxygen atoms in total. The standard InChI is InChI=1S/C12H15BrO2/c1-12(2)6-3-4-8(12)10(14)11-9(13)5-7-15-11/h5,7-8H,3-4,6H2,1-2H3. The van der Waals surface area contributed by atoms with E-state index in [1.807, 2.05) is 0 Å². The van der Waals surface area contributed by atoms with Crippen LogP contribution >= 0.6 is 15.9 Å². The molecule has 1 unspecified atom stereocenters. The maximum Gasteiger partial charge on any atom is 0.202 e. The van der Waals surface area contributed by atoms with Crippen molar-refractivity contribution in [2.75, 3.05) is 0 Å². The van der Waals surface area contributed by atoms with Crippen LogP contribution < -0.4 is 0 Å². The first kappa shape index (κ1) is 10.9. The minimum Gasteiger partial charge on any atom is -0.460 e. The average molecular weight is 271 g/mol. The summed E-state index contributed by atoms with van der Waals surface area (Å²) in [6.45, 7) is 4.33. The number of rotatable bonds is 2. The van der Waals surface area contributed by atoms with Gasteiger partial charge < -0.3 is 4.42 Å². The number of halogens is 1. The summed E-state index contributed by atoms with van der Waals surface area (Å²) >= 11 is 3.34. The topological polar surface area (TPSA) is 30.2 Å². The van der Waals surface area contributed by atoms with Crippen molar-refractivity contribution in [3.63, 3.8) is 0 Å². The Bertz CT molecular complexity index is 379. The van der Waals surface area contributed by atoms with Gasteiger partial charge in [-0.15, -0.1) is 0 Å². The van der Waals surface area contributed by atoms with Crippen molar-refractivity contribution < 1.29 is 9.21 Å². The average Bonchev–Trinajstić information content (AvgIpc) is 2.70. The highest BCUT2D eigenvalue weighted by atomic mass is 79.9. The summed E-state index contributed by atoms with van der Waals surface area (Å²) in [6.07, 6.45) is 4.81. The number of Topliss-reactive ketones (excluding diaryl/α,β-unsaturated/α-hetero) is 1. The molecular weight excluding hydrogens is 256 g/mol. The van der Waals surface area contributed by atoms with E-state index in [1.165, 1.54) is 0 Å². The molecule has 1 aliphatic rings. The summed E-state index contributed by atoms with van der Waals surface area (Å²) in [6, 6.07) is 1.77. The Morgan fingerprint density at radius 3 is 2.80 bits per heavy atom. The Hall–Kier alpha value is -0.570. The smallest absolute Gasteiger partial charge is 0.202 e. The van der Waals surface area contributed by atoms with Gasteiger partial charge in [-0.05, 0) is 40.3 Å². The molecule has 0 spiro atoms. The second kappa shape index (κ2) is 3.78. The van der Waals surface area contributed by atoms with Crippen LogP contribution in [0.2, 0.25) is 0 Å². The Balaban J connectivity index is 2.26. The highest BCUT2D eigenvalue weighted by molar-refractivity contribution is 9.10. The summed E-state index contributed by atoms with van der Waals surface area (Å²) in [4.78, 5) is 12.2. The molecule has 1 saturated carbocycles. The Labute approximate surface area is 98.2 Å². The summed E-state index contributed by atoms with van der Waals surface area (Å²) < 4.78 is 6.01. The summed E-state index contributed by atoms with van der Waals surface area (Å²) in [7, 11) is 0. The third kappa shape index (κ3) is 1.89. The van der Waals surface area contributed by atoms with Gasteiger partial charge in [-0.25, -0.2) is 0 Å². The molecule has 0 saturated heterocycles. The number of carbonyl (C=O) groups is 1. The van der Waals surface area contributed by atoms with E-state index in [4.69, 9.17) is 4.42 Å². The lowest BCUT2D eigenvalue weighted by Crippen LogP contribution is -2.25. The summed E-state index contributed by atoms with van der Waals surface area (Å²) in [5.74, 6) is 0.740. The lowest BCUT2D eigenvalue weighted by atomic mass is 9.79. The van der Waals surface area contributed by atoms with Crippen molar-refractivity contribution in [2.24, 2.45) is 11.3 Å². The van der Waals surface area contributed by atoms with Gasteiger partial charge in [-0.2, -0.15) is 0 Å². The largest absolute Gasteiger partial charge is 0.460 e. The number of hydrogen-bond donors (Lipinski definition) is 0. The quantitative estimate of drug-likeness (QED) is 0.759. The Kier molecular flexibility index (Phi) is 2.75. The minimum atomic E-state index is 0.111. The second-order valence-corrected chi connectivity index (χ2v) is 5.75. The van der Waals surface area contributed by atoms with Crippen LogP contribution in [-0.2, 0) is 0 Å². The van der Waals surface area contributed by atoms with Crippen molar-refractivity contribution in [1.29, 1.82) is 0 Å². The fourth-order valence-corrected chi connectivity index (χ4v) is 2.84. The van der Waals surface area contributed by atoms with Gasteiger partial charge in [0.25, 0.3) is 0 Å². The molecule has 1 atom stereocenters. The van der Waals surface area contributed by atoms with Crippen molar-refractivity contribution in [3.8, 4) is 0 Å². The predicted octanol–water partition coefficient (Wildman–Crippen LogP) is 4.05. The molecule has 0 amide bonds. The highest BCUT2D eigenvalue weighted by Crippen LogP contribution is 2.44. The fraction of sp³-hybridized carbons (Fsp3) is 0.583. The van der Waals surface area contributed by atoms with E-state index in [0.29, 0.717) is 5.76 Å². The van der Waals surface area contributed by atoms with Crippen molar-refractivity contribution in [1.82, 2.24) is 0 Å². The van der Waals surface area contributed by atoms with E-state index in [1.54, 1.807) is 12.3 Å². The molecule has 1 aliphatic carbocycles. The van der Waals surface area contributed by atoms with E-state index in [0.717, 1.165) is 23.7 Å². The molecule has 1 aromatic heterocycles. The molecule has 1 aromatic rings. The Morgan fingerprint density at radius 1 is 1.60 bits per heavy atom. The molecule has 0 aromatic carbocycles. The maximum absolute atomic E-state index is 12.2. The third-order valence-electron chi connectivity index (χ3n) is 3.41. The van der Waals surface area contributed by atoms with Gasteiger partial charge in [0.1, 0.15) is 0 Å². The third-order valence-corrected chi connectivity index (χ3v) is 4.04. The van der Waals surface area contributed by atoms with E-state index >= 15 is 0 Å². The van der Waals surface area contributed by atoms with Crippen LogP contribution in [0.4, 0.5) is 0 Å². The van der Waals surface area contributed by atoms with Crippen LogP contribution in [-0.4, -0.2) is 5.78 Å². The van der Waals surface area contributed by atoms with Crippen LogP contribution in [0.3, 0.4) is 0 Å². The number of furan rings is 1. The van der Waals surface area contributed by atoms with Crippen LogP contribution in [0.25, 0.3) is 0 Å². The minimum absolute atomic E-state index is 0.111. The van der Waals surface area contributed by atoms with Crippen molar-refractivity contribution in [2.45, 2.75) is 33.1 Å². The molecule has 1 fully saturated rings. The maximum atomic E-state index is 12.2. The first-order chi connectivity index (χ1) is 7.02. The molecule has 3 heteroatoms. The van der Waals surface area contributed by atoms with Gasteiger partial charge >= 0.3 is 0 Å². The van der Waals surface area contributed by atoms with Crippen molar-refractivity contribution >= 4 is 21.7 Å². The van der Waals surface area contributed by atoms with Crippen LogP contribution in [0.1, 0.15) is 43.7 Å². The molecule has 82 valence electrons. The lowest BCUT2D eigenvalue weighted by molar-refractivity contribution is 0.0808. The molecule has 0 bridgehead atoms. The molecule has 0 aliphatic heterocycles. The van der Waals surface area contributed by atoms with Crippen LogP contribution in [0.15, 0.2) is 21.2 Å². The molecule has 15 heavy (non-hydrogen) atoms. The number of ketones is 1.